The Balaban J connectivity index is 2.97. The van der Waals surface area contributed by atoms with Crippen LogP contribution >= 0.6 is 0 Å². The standard InChI is InChI=1S/C14H24N2O3S/c1-5-8-15-11-13-10-14(12(4)19-13)20(17,18)16(7-3)9-6-2/h6,10,15H,2,5,7-9,11H2,1,3-4H3. The molecule has 0 spiro atoms. The van der Waals surface area contributed by atoms with Crippen LogP contribution in [0.25, 0.3) is 0 Å². The average molecular weight is 300 g/mol. The van der Waals surface area contributed by atoms with E-state index in [4.69, 9.17) is 4.42 Å². The summed E-state index contributed by atoms with van der Waals surface area (Å²) < 4.78 is 31.9. The Morgan fingerprint density at radius 1 is 1.45 bits per heavy atom. The predicted molar refractivity (Wildman–Crippen MR) is 80.1 cm³/mol. The molecule has 0 amide bonds. The Morgan fingerprint density at radius 3 is 2.70 bits per heavy atom. The molecule has 20 heavy (non-hydrogen) atoms. The highest BCUT2D eigenvalue weighted by molar-refractivity contribution is 7.89. The van der Waals surface area contributed by atoms with Crippen molar-refractivity contribution in [3.8, 4) is 0 Å². The highest BCUT2D eigenvalue weighted by Crippen LogP contribution is 2.23. The van der Waals surface area contributed by atoms with E-state index in [9.17, 15) is 8.42 Å². The Kier molecular flexibility index (Phi) is 6.45. The van der Waals surface area contributed by atoms with Gasteiger partial charge in [0.2, 0.25) is 10.0 Å². The Morgan fingerprint density at radius 2 is 2.15 bits per heavy atom. The molecule has 0 bridgehead atoms. The van der Waals surface area contributed by atoms with Crippen LogP contribution in [0, 0.1) is 6.92 Å². The minimum Gasteiger partial charge on any atom is -0.464 e. The molecule has 0 aromatic carbocycles. The summed E-state index contributed by atoms with van der Waals surface area (Å²) in [5, 5.41) is 3.19. The first-order valence-electron chi connectivity index (χ1n) is 6.88. The summed E-state index contributed by atoms with van der Waals surface area (Å²) in [7, 11) is -3.51. The molecule has 1 N–H and O–H groups in total. The zero-order valence-corrected chi connectivity index (χ0v) is 13.3. The van der Waals surface area contributed by atoms with Gasteiger partial charge in [-0.15, -0.1) is 6.58 Å². The van der Waals surface area contributed by atoms with Crippen molar-refractivity contribution in [2.24, 2.45) is 0 Å². The van der Waals surface area contributed by atoms with Gasteiger partial charge in [-0.3, -0.25) is 0 Å². The van der Waals surface area contributed by atoms with Crippen molar-refractivity contribution >= 4 is 10.0 Å². The fourth-order valence-electron chi connectivity index (χ4n) is 1.94. The summed E-state index contributed by atoms with van der Waals surface area (Å²) in [6.07, 6.45) is 2.61. The molecule has 5 nitrogen and oxygen atoms in total. The number of nitrogens with one attached hydrogen (secondary N) is 1. The van der Waals surface area contributed by atoms with Gasteiger partial charge >= 0.3 is 0 Å². The maximum Gasteiger partial charge on any atom is 0.246 e. The maximum atomic E-state index is 12.5. The number of rotatable bonds is 9. The molecule has 0 aliphatic rings. The van der Waals surface area contributed by atoms with Crippen molar-refractivity contribution in [3.63, 3.8) is 0 Å². The summed E-state index contributed by atoms with van der Waals surface area (Å²) in [6, 6.07) is 1.61. The highest BCUT2D eigenvalue weighted by Gasteiger charge is 2.26. The van der Waals surface area contributed by atoms with Crippen LogP contribution in [-0.2, 0) is 16.6 Å². The summed E-state index contributed by atoms with van der Waals surface area (Å²) in [5.74, 6) is 1.07. The molecule has 114 valence electrons. The Bertz CT molecular complexity index is 535. The van der Waals surface area contributed by atoms with Crippen molar-refractivity contribution in [3.05, 3.63) is 30.2 Å². The van der Waals surface area contributed by atoms with Crippen LogP contribution in [-0.4, -0.2) is 32.4 Å². The molecular weight excluding hydrogens is 276 g/mol. The van der Waals surface area contributed by atoms with E-state index < -0.39 is 10.0 Å². The summed E-state index contributed by atoms with van der Waals surface area (Å²) in [6.45, 7) is 11.3. The topological polar surface area (TPSA) is 62.6 Å². The average Bonchev–Trinajstić information content (AvgIpc) is 2.78. The Hall–Kier alpha value is -1.11. The van der Waals surface area contributed by atoms with Gasteiger partial charge in [0.25, 0.3) is 0 Å². The molecule has 0 saturated heterocycles. The third-order valence-corrected chi connectivity index (χ3v) is 5.00. The SMILES string of the molecule is C=CCN(CC)S(=O)(=O)c1cc(CNCCC)oc1C. The number of likely N-dealkylation sites (N-methyl/N-ethyl adjacent to an activating group) is 1. The van der Waals surface area contributed by atoms with E-state index in [0.29, 0.717) is 31.2 Å². The van der Waals surface area contributed by atoms with Gasteiger partial charge < -0.3 is 9.73 Å². The summed E-state index contributed by atoms with van der Waals surface area (Å²) in [4.78, 5) is 0.245. The normalized spacial score (nSPS) is 12.0. The molecule has 1 aromatic heterocycles. The van der Waals surface area contributed by atoms with Crippen LogP contribution in [0.4, 0.5) is 0 Å². The fraction of sp³-hybridized carbons (Fsp3) is 0.571. The lowest BCUT2D eigenvalue weighted by Gasteiger charge is -2.17. The first-order valence-corrected chi connectivity index (χ1v) is 8.32. The van der Waals surface area contributed by atoms with Crippen molar-refractivity contribution in [2.75, 3.05) is 19.6 Å². The molecule has 0 aliphatic heterocycles. The number of furan rings is 1. The molecule has 1 aromatic rings. The maximum absolute atomic E-state index is 12.5. The number of hydrogen-bond donors (Lipinski definition) is 1. The second kappa shape index (κ2) is 7.61. The number of nitrogens with zero attached hydrogens (tertiary/aromatic N) is 1. The van der Waals surface area contributed by atoms with Crippen LogP contribution in [0.15, 0.2) is 28.0 Å². The number of sulfonamides is 1. The molecule has 0 atom stereocenters. The van der Waals surface area contributed by atoms with Crippen molar-refractivity contribution in [1.82, 2.24) is 9.62 Å². The van der Waals surface area contributed by atoms with Gasteiger partial charge in [-0.2, -0.15) is 4.31 Å². The molecule has 6 heteroatoms. The van der Waals surface area contributed by atoms with E-state index in [1.807, 2.05) is 0 Å². The van der Waals surface area contributed by atoms with Gasteiger partial charge in [-0.1, -0.05) is 19.9 Å². The van der Waals surface area contributed by atoms with Gasteiger partial charge in [-0.05, 0) is 19.9 Å². The third-order valence-electron chi connectivity index (χ3n) is 2.95. The molecule has 0 radical (unpaired) electrons. The van der Waals surface area contributed by atoms with E-state index in [1.54, 1.807) is 26.0 Å². The summed E-state index contributed by atoms with van der Waals surface area (Å²) in [5.41, 5.74) is 0. The quantitative estimate of drug-likeness (QED) is 0.561. The largest absolute Gasteiger partial charge is 0.464 e. The van der Waals surface area contributed by atoms with E-state index in [-0.39, 0.29) is 4.90 Å². The monoisotopic (exact) mass is 300 g/mol. The lowest BCUT2D eigenvalue weighted by atomic mass is 10.4. The minimum absolute atomic E-state index is 0.245. The predicted octanol–water partition coefficient (Wildman–Crippen LogP) is 2.28. The lowest BCUT2D eigenvalue weighted by Crippen LogP contribution is -2.31. The molecule has 0 aliphatic carbocycles. The highest BCUT2D eigenvalue weighted by atomic mass is 32.2. The second-order valence-corrected chi connectivity index (χ2v) is 6.46. The molecule has 0 saturated carbocycles. The van der Waals surface area contributed by atoms with Crippen LogP contribution < -0.4 is 5.32 Å². The molecule has 0 fully saturated rings. The Labute approximate surface area is 121 Å². The van der Waals surface area contributed by atoms with E-state index >= 15 is 0 Å². The first-order chi connectivity index (χ1) is 9.47. The smallest absolute Gasteiger partial charge is 0.246 e. The van der Waals surface area contributed by atoms with Gasteiger partial charge in [0, 0.05) is 19.2 Å². The first kappa shape index (κ1) is 16.9. The van der Waals surface area contributed by atoms with Crippen molar-refractivity contribution in [1.29, 1.82) is 0 Å². The molecular formula is C14H24N2O3S. The molecule has 0 unspecified atom stereocenters. The van der Waals surface area contributed by atoms with E-state index in [1.165, 1.54) is 4.31 Å². The van der Waals surface area contributed by atoms with Crippen molar-refractivity contribution in [2.45, 2.75) is 38.6 Å². The summed E-state index contributed by atoms with van der Waals surface area (Å²) >= 11 is 0. The van der Waals surface area contributed by atoms with E-state index in [0.717, 1.165) is 13.0 Å². The van der Waals surface area contributed by atoms with Crippen molar-refractivity contribution < 1.29 is 12.8 Å². The van der Waals surface area contributed by atoms with Crippen LogP contribution in [0.2, 0.25) is 0 Å². The zero-order valence-electron chi connectivity index (χ0n) is 12.5. The molecule has 1 rings (SSSR count). The third kappa shape index (κ3) is 3.94. The van der Waals surface area contributed by atoms with Crippen LogP contribution in [0.1, 0.15) is 31.8 Å². The number of aryl methyl sites for hydroxylation is 1. The second-order valence-electron chi connectivity index (χ2n) is 4.55. The van der Waals surface area contributed by atoms with Gasteiger partial charge in [0.05, 0.1) is 6.54 Å². The van der Waals surface area contributed by atoms with Crippen LogP contribution in [0.3, 0.4) is 0 Å². The lowest BCUT2D eigenvalue weighted by molar-refractivity contribution is 0.445. The number of hydrogen-bond acceptors (Lipinski definition) is 4. The minimum atomic E-state index is -3.51. The molecule has 1 heterocycles. The van der Waals surface area contributed by atoms with Gasteiger partial charge in [0.1, 0.15) is 16.4 Å². The van der Waals surface area contributed by atoms with E-state index in [2.05, 4.69) is 18.8 Å². The zero-order chi connectivity index (χ0) is 15.2. The van der Waals surface area contributed by atoms with Gasteiger partial charge in [0.15, 0.2) is 0 Å². The van der Waals surface area contributed by atoms with Crippen LogP contribution in [0.5, 0.6) is 0 Å². The van der Waals surface area contributed by atoms with Gasteiger partial charge in [-0.25, -0.2) is 8.42 Å². The fourth-order valence-corrected chi connectivity index (χ4v) is 3.54.